The van der Waals surface area contributed by atoms with Crippen LogP contribution in [0.25, 0.3) is 0 Å². The van der Waals surface area contributed by atoms with E-state index in [-0.39, 0.29) is 18.2 Å². The van der Waals surface area contributed by atoms with E-state index >= 15 is 0 Å². The Kier molecular flexibility index (Phi) is 5.65. The second kappa shape index (κ2) is 7.27. The number of halogens is 1. The summed E-state index contributed by atoms with van der Waals surface area (Å²) < 4.78 is 6.35. The number of ether oxygens (including phenoxy) is 1. The molecule has 1 heterocycles. The Balaban J connectivity index is 1.97. The highest BCUT2D eigenvalue weighted by Gasteiger charge is 2.21. The topological polar surface area (TPSA) is 41.6 Å². The van der Waals surface area contributed by atoms with Gasteiger partial charge >= 0.3 is 6.03 Å². The molecule has 21 heavy (non-hydrogen) atoms. The minimum Gasteiger partial charge on any atom is -0.380 e. The smallest absolute Gasteiger partial charge is 0.317 e. The second-order valence-electron chi connectivity index (χ2n) is 5.58. The minimum absolute atomic E-state index is 0.00160. The fourth-order valence-electron chi connectivity index (χ4n) is 2.50. The lowest BCUT2D eigenvalue weighted by Crippen LogP contribution is -2.48. The first-order valence-corrected chi connectivity index (χ1v) is 8.16. The summed E-state index contributed by atoms with van der Waals surface area (Å²) >= 11 is 3.51. The molecule has 1 aliphatic heterocycles. The number of carbonyl (C=O) groups excluding carboxylic acids is 1. The van der Waals surface area contributed by atoms with Crippen molar-refractivity contribution in [2.24, 2.45) is 0 Å². The Hall–Kier alpha value is -1.07. The molecule has 0 radical (unpaired) electrons. The molecule has 1 aromatic carbocycles. The van der Waals surface area contributed by atoms with E-state index in [1.165, 1.54) is 11.1 Å². The molecule has 0 saturated heterocycles. The van der Waals surface area contributed by atoms with Crippen LogP contribution in [0.2, 0.25) is 0 Å². The zero-order chi connectivity index (χ0) is 15.4. The Morgan fingerprint density at radius 1 is 1.29 bits per heavy atom. The zero-order valence-corrected chi connectivity index (χ0v) is 14.4. The van der Waals surface area contributed by atoms with Gasteiger partial charge in [-0.2, -0.15) is 0 Å². The first kappa shape index (κ1) is 16.3. The minimum atomic E-state index is -0.00160. The summed E-state index contributed by atoms with van der Waals surface area (Å²) in [6.45, 7) is 5.44. The molecule has 116 valence electrons. The monoisotopic (exact) mass is 354 g/mol. The summed E-state index contributed by atoms with van der Waals surface area (Å²) in [5, 5.41) is 3.02. The standard InChI is InChI=1S/C16H23BrN2O2/c1-11(12(2)21-3)18-16(20)19-8-6-13-4-5-15(17)10-14(13)7-9-19/h4-5,10-12H,6-9H2,1-3H3,(H,18,20)/t11-,12-/m0/s1. The number of fused-ring (bicyclic) bond motifs is 1. The van der Waals surface area contributed by atoms with Crippen LogP contribution in [0.4, 0.5) is 4.79 Å². The molecule has 2 atom stereocenters. The highest BCUT2D eigenvalue weighted by molar-refractivity contribution is 9.10. The van der Waals surface area contributed by atoms with Crippen molar-refractivity contribution in [1.82, 2.24) is 10.2 Å². The molecule has 0 aliphatic carbocycles. The number of hydrogen-bond acceptors (Lipinski definition) is 2. The third-order valence-electron chi connectivity index (χ3n) is 4.18. The first-order chi connectivity index (χ1) is 10.0. The van der Waals surface area contributed by atoms with Crippen LogP contribution < -0.4 is 5.32 Å². The van der Waals surface area contributed by atoms with E-state index in [0.29, 0.717) is 0 Å². The molecular weight excluding hydrogens is 332 g/mol. The zero-order valence-electron chi connectivity index (χ0n) is 12.9. The fourth-order valence-corrected chi connectivity index (χ4v) is 2.91. The molecule has 0 bridgehead atoms. The number of urea groups is 1. The van der Waals surface area contributed by atoms with Crippen molar-refractivity contribution in [2.45, 2.75) is 38.8 Å². The molecule has 4 nitrogen and oxygen atoms in total. The summed E-state index contributed by atoms with van der Waals surface area (Å²) in [5.74, 6) is 0. The number of carbonyl (C=O) groups is 1. The molecule has 1 N–H and O–H groups in total. The van der Waals surface area contributed by atoms with E-state index in [9.17, 15) is 4.79 Å². The van der Waals surface area contributed by atoms with Crippen LogP contribution in [0.5, 0.6) is 0 Å². The fraction of sp³-hybridized carbons (Fsp3) is 0.562. The number of amides is 2. The lowest BCUT2D eigenvalue weighted by atomic mass is 10.0. The van der Waals surface area contributed by atoms with Gasteiger partial charge in [0.1, 0.15) is 0 Å². The maximum Gasteiger partial charge on any atom is 0.317 e. The van der Waals surface area contributed by atoms with Crippen molar-refractivity contribution in [2.75, 3.05) is 20.2 Å². The van der Waals surface area contributed by atoms with Crippen molar-refractivity contribution in [3.05, 3.63) is 33.8 Å². The first-order valence-electron chi connectivity index (χ1n) is 7.36. The second-order valence-corrected chi connectivity index (χ2v) is 6.49. The largest absolute Gasteiger partial charge is 0.380 e. The number of hydrogen-bond donors (Lipinski definition) is 1. The van der Waals surface area contributed by atoms with Crippen LogP contribution in [0.15, 0.2) is 22.7 Å². The molecule has 5 heteroatoms. The molecule has 0 saturated carbocycles. The van der Waals surface area contributed by atoms with Crippen molar-refractivity contribution in [3.63, 3.8) is 0 Å². The van der Waals surface area contributed by atoms with E-state index < -0.39 is 0 Å². The summed E-state index contributed by atoms with van der Waals surface area (Å²) in [6.07, 6.45) is 1.81. The normalized spacial score (nSPS) is 17.6. The summed E-state index contributed by atoms with van der Waals surface area (Å²) in [7, 11) is 1.66. The van der Waals surface area contributed by atoms with Gasteiger partial charge in [-0.3, -0.25) is 0 Å². The lowest BCUT2D eigenvalue weighted by Gasteiger charge is -2.26. The van der Waals surface area contributed by atoms with Crippen LogP contribution in [-0.2, 0) is 17.6 Å². The van der Waals surface area contributed by atoms with Gasteiger partial charge in [0.15, 0.2) is 0 Å². The molecule has 0 aromatic heterocycles. The Labute approximate surface area is 135 Å². The third kappa shape index (κ3) is 4.20. The number of benzene rings is 1. The Bertz CT molecular complexity index is 507. The van der Waals surface area contributed by atoms with Crippen LogP contribution in [0.1, 0.15) is 25.0 Å². The number of nitrogens with zero attached hydrogens (tertiary/aromatic N) is 1. The van der Waals surface area contributed by atoms with Gasteiger partial charge in [0.25, 0.3) is 0 Å². The van der Waals surface area contributed by atoms with E-state index in [4.69, 9.17) is 4.74 Å². The van der Waals surface area contributed by atoms with Crippen LogP contribution >= 0.6 is 15.9 Å². The van der Waals surface area contributed by atoms with Crippen LogP contribution in [0.3, 0.4) is 0 Å². The van der Waals surface area contributed by atoms with E-state index in [1.54, 1.807) is 7.11 Å². The van der Waals surface area contributed by atoms with Gasteiger partial charge in [0.2, 0.25) is 0 Å². The van der Waals surface area contributed by atoms with E-state index in [1.807, 2.05) is 18.7 Å². The molecule has 0 spiro atoms. The number of methoxy groups -OCH3 is 1. The molecule has 1 aromatic rings. The third-order valence-corrected chi connectivity index (χ3v) is 4.68. The molecular formula is C16H23BrN2O2. The van der Waals surface area contributed by atoms with Gasteiger partial charge in [-0.15, -0.1) is 0 Å². The van der Waals surface area contributed by atoms with Gasteiger partial charge in [-0.1, -0.05) is 22.0 Å². The molecule has 0 unspecified atom stereocenters. The van der Waals surface area contributed by atoms with Crippen molar-refractivity contribution >= 4 is 22.0 Å². The number of nitrogens with one attached hydrogen (secondary N) is 1. The van der Waals surface area contributed by atoms with Gasteiger partial charge in [0, 0.05) is 24.7 Å². The molecule has 2 rings (SSSR count). The van der Waals surface area contributed by atoms with Crippen LogP contribution in [0, 0.1) is 0 Å². The van der Waals surface area contributed by atoms with Gasteiger partial charge < -0.3 is 15.0 Å². The maximum atomic E-state index is 12.3. The predicted molar refractivity (Wildman–Crippen MR) is 87.6 cm³/mol. The van der Waals surface area contributed by atoms with E-state index in [0.717, 1.165) is 30.4 Å². The van der Waals surface area contributed by atoms with Crippen molar-refractivity contribution in [1.29, 1.82) is 0 Å². The van der Waals surface area contributed by atoms with E-state index in [2.05, 4.69) is 39.4 Å². The lowest BCUT2D eigenvalue weighted by molar-refractivity contribution is 0.0882. The average Bonchev–Trinajstić information content (AvgIpc) is 2.68. The van der Waals surface area contributed by atoms with Gasteiger partial charge in [-0.05, 0) is 49.9 Å². The van der Waals surface area contributed by atoms with Crippen LogP contribution in [-0.4, -0.2) is 43.3 Å². The maximum absolute atomic E-state index is 12.3. The summed E-state index contributed by atoms with van der Waals surface area (Å²) in [6, 6.07) is 6.38. The highest BCUT2D eigenvalue weighted by Crippen LogP contribution is 2.20. The Morgan fingerprint density at radius 3 is 2.62 bits per heavy atom. The van der Waals surface area contributed by atoms with Gasteiger partial charge in [-0.25, -0.2) is 4.79 Å². The summed E-state index contributed by atoms with van der Waals surface area (Å²) in [5.41, 5.74) is 2.67. The van der Waals surface area contributed by atoms with Crippen molar-refractivity contribution in [3.8, 4) is 0 Å². The van der Waals surface area contributed by atoms with Crippen molar-refractivity contribution < 1.29 is 9.53 Å². The quantitative estimate of drug-likeness (QED) is 0.906. The molecule has 2 amide bonds. The highest BCUT2D eigenvalue weighted by atomic mass is 79.9. The average molecular weight is 355 g/mol. The predicted octanol–water partition coefficient (Wildman–Crippen LogP) is 2.98. The summed E-state index contributed by atoms with van der Waals surface area (Å²) in [4.78, 5) is 14.2. The SMILES string of the molecule is CO[C@@H](C)[C@H](C)NC(=O)N1CCc2ccc(Br)cc2CC1. The molecule has 1 aliphatic rings. The molecule has 0 fully saturated rings. The van der Waals surface area contributed by atoms with Gasteiger partial charge in [0.05, 0.1) is 12.1 Å². The Morgan fingerprint density at radius 2 is 1.95 bits per heavy atom. The number of rotatable bonds is 3.